The van der Waals surface area contributed by atoms with E-state index in [9.17, 15) is 0 Å². The smallest absolute Gasteiger partial charge is 0.147 e. The van der Waals surface area contributed by atoms with E-state index in [1.165, 1.54) is 0 Å². The van der Waals surface area contributed by atoms with Crippen LogP contribution >= 0.6 is 0 Å². The molecule has 7 nitrogen and oxygen atoms in total. The lowest BCUT2D eigenvalue weighted by molar-refractivity contribution is 0.483. The normalized spacial score (nSPS) is 12.8. The Kier molecular flexibility index (Phi) is 5.03. The Morgan fingerprint density at radius 3 is 2.60 bits per heavy atom. The summed E-state index contributed by atoms with van der Waals surface area (Å²) < 4.78 is 9.98. The zero-order valence-electron chi connectivity index (χ0n) is 17.0. The summed E-state index contributed by atoms with van der Waals surface area (Å²) in [6.45, 7) is 2.44. The molecule has 0 saturated carbocycles. The SMILES string of the molecule is Cn1cc(CNCc2nnc3n2CCC3)c(-c2ccc(Oc3ccccc3)cc2)n1. The molecule has 0 fully saturated rings. The Morgan fingerprint density at radius 1 is 0.967 bits per heavy atom. The predicted octanol–water partition coefficient (Wildman–Crippen LogP) is 3.71. The van der Waals surface area contributed by atoms with Crippen LogP contribution in [-0.4, -0.2) is 24.5 Å². The number of hydrogen-bond acceptors (Lipinski definition) is 5. The molecule has 2 aromatic carbocycles. The van der Waals surface area contributed by atoms with E-state index in [1.807, 2.05) is 54.2 Å². The van der Waals surface area contributed by atoms with Gasteiger partial charge in [-0.15, -0.1) is 10.2 Å². The second-order valence-corrected chi connectivity index (χ2v) is 7.51. The van der Waals surface area contributed by atoms with E-state index < -0.39 is 0 Å². The lowest BCUT2D eigenvalue weighted by Crippen LogP contribution is -2.16. The minimum absolute atomic E-state index is 0.700. The van der Waals surface area contributed by atoms with Gasteiger partial charge >= 0.3 is 0 Å². The third kappa shape index (κ3) is 3.84. The first-order valence-electron chi connectivity index (χ1n) is 10.2. The van der Waals surface area contributed by atoms with Gasteiger partial charge in [-0.05, 0) is 42.8 Å². The van der Waals surface area contributed by atoms with Crippen molar-refractivity contribution in [2.24, 2.45) is 7.05 Å². The van der Waals surface area contributed by atoms with Crippen molar-refractivity contribution in [3.05, 3.63) is 78.0 Å². The van der Waals surface area contributed by atoms with E-state index in [0.29, 0.717) is 13.1 Å². The molecule has 0 atom stereocenters. The highest BCUT2D eigenvalue weighted by atomic mass is 16.5. The lowest BCUT2D eigenvalue weighted by atomic mass is 10.1. The summed E-state index contributed by atoms with van der Waals surface area (Å²) >= 11 is 0. The van der Waals surface area contributed by atoms with Crippen LogP contribution in [0, 0.1) is 0 Å². The molecule has 0 aliphatic carbocycles. The van der Waals surface area contributed by atoms with Crippen molar-refractivity contribution >= 4 is 0 Å². The molecule has 5 rings (SSSR count). The minimum Gasteiger partial charge on any atom is -0.457 e. The second-order valence-electron chi connectivity index (χ2n) is 7.51. The Bertz CT molecular complexity index is 1130. The van der Waals surface area contributed by atoms with E-state index in [2.05, 4.69) is 43.5 Å². The van der Waals surface area contributed by atoms with Crippen molar-refractivity contribution in [2.75, 3.05) is 0 Å². The summed E-state index contributed by atoms with van der Waals surface area (Å²) in [5.41, 5.74) is 3.19. The van der Waals surface area contributed by atoms with Gasteiger partial charge in [-0.25, -0.2) is 0 Å². The highest BCUT2D eigenvalue weighted by molar-refractivity contribution is 5.63. The summed E-state index contributed by atoms with van der Waals surface area (Å²) in [6, 6.07) is 17.9. The van der Waals surface area contributed by atoms with Gasteiger partial charge in [0.15, 0.2) is 0 Å². The number of rotatable bonds is 7. The molecule has 0 bridgehead atoms. The molecule has 7 heteroatoms. The number of hydrogen-bond donors (Lipinski definition) is 1. The van der Waals surface area contributed by atoms with E-state index >= 15 is 0 Å². The van der Waals surface area contributed by atoms with Crippen molar-refractivity contribution in [3.63, 3.8) is 0 Å². The molecule has 0 saturated heterocycles. The van der Waals surface area contributed by atoms with Crippen LogP contribution in [-0.2, 0) is 33.1 Å². The monoisotopic (exact) mass is 400 g/mol. The van der Waals surface area contributed by atoms with Gasteiger partial charge in [-0.1, -0.05) is 18.2 Å². The minimum atomic E-state index is 0.700. The lowest BCUT2D eigenvalue weighted by Gasteiger charge is -2.08. The summed E-state index contributed by atoms with van der Waals surface area (Å²) in [7, 11) is 1.95. The van der Waals surface area contributed by atoms with Crippen molar-refractivity contribution in [1.82, 2.24) is 29.9 Å². The fourth-order valence-corrected chi connectivity index (χ4v) is 3.87. The molecule has 2 aromatic heterocycles. The Hall–Kier alpha value is -3.45. The van der Waals surface area contributed by atoms with Crippen molar-refractivity contribution in [1.29, 1.82) is 0 Å². The van der Waals surface area contributed by atoms with Gasteiger partial charge in [-0.3, -0.25) is 4.68 Å². The van der Waals surface area contributed by atoms with Gasteiger partial charge in [-0.2, -0.15) is 5.10 Å². The molecule has 4 aromatic rings. The predicted molar refractivity (Wildman–Crippen MR) is 114 cm³/mol. The molecular formula is C23H24N6O. The molecule has 0 unspecified atom stereocenters. The average molecular weight is 400 g/mol. The number of nitrogens with one attached hydrogen (secondary N) is 1. The highest BCUT2D eigenvalue weighted by Crippen LogP contribution is 2.27. The molecule has 0 amide bonds. The Labute approximate surface area is 175 Å². The third-order valence-electron chi connectivity index (χ3n) is 5.30. The van der Waals surface area contributed by atoms with Crippen LogP contribution in [0.3, 0.4) is 0 Å². The Balaban J connectivity index is 1.27. The van der Waals surface area contributed by atoms with Crippen molar-refractivity contribution in [2.45, 2.75) is 32.5 Å². The average Bonchev–Trinajstić information content (AvgIpc) is 3.47. The van der Waals surface area contributed by atoms with Gasteiger partial charge < -0.3 is 14.6 Å². The van der Waals surface area contributed by atoms with Gasteiger partial charge in [0.25, 0.3) is 0 Å². The first kappa shape index (κ1) is 18.6. The van der Waals surface area contributed by atoms with Crippen LogP contribution in [0.25, 0.3) is 11.3 Å². The van der Waals surface area contributed by atoms with Gasteiger partial charge in [0.2, 0.25) is 0 Å². The molecule has 1 N–H and O–H groups in total. The number of ether oxygens (including phenoxy) is 1. The molecule has 152 valence electrons. The largest absolute Gasteiger partial charge is 0.457 e. The van der Waals surface area contributed by atoms with E-state index in [-0.39, 0.29) is 0 Å². The van der Waals surface area contributed by atoms with Crippen LogP contribution in [0.5, 0.6) is 11.5 Å². The van der Waals surface area contributed by atoms with Crippen molar-refractivity contribution < 1.29 is 4.74 Å². The molecule has 1 aliphatic rings. The summed E-state index contributed by atoms with van der Waals surface area (Å²) in [5.74, 6) is 3.75. The number of nitrogens with zero attached hydrogens (tertiary/aromatic N) is 5. The highest BCUT2D eigenvalue weighted by Gasteiger charge is 2.17. The van der Waals surface area contributed by atoms with Crippen LogP contribution in [0.1, 0.15) is 23.6 Å². The number of aryl methyl sites for hydroxylation is 2. The zero-order valence-corrected chi connectivity index (χ0v) is 17.0. The maximum atomic E-state index is 5.89. The zero-order chi connectivity index (χ0) is 20.3. The van der Waals surface area contributed by atoms with Crippen molar-refractivity contribution in [3.8, 4) is 22.8 Å². The maximum absolute atomic E-state index is 5.89. The molecular weight excluding hydrogens is 376 g/mol. The van der Waals surface area contributed by atoms with Crippen LogP contribution in [0.2, 0.25) is 0 Å². The van der Waals surface area contributed by atoms with E-state index in [0.717, 1.165) is 59.4 Å². The molecule has 1 aliphatic heterocycles. The standard InChI is InChI=1S/C23H24N6O/c1-28-16-18(14-24-15-22-26-25-21-8-5-13-29(21)22)23(27-28)17-9-11-20(12-10-17)30-19-6-3-2-4-7-19/h2-4,6-7,9-12,16,24H,5,8,13-15H2,1H3. The summed E-state index contributed by atoms with van der Waals surface area (Å²) in [4.78, 5) is 0. The summed E-state index contributed by atoms with van der Waals surface area (Å²) in [5, 5.41) is 16.8. The fourth-order valence-electron chi connectivity index (χ4n) is 3.87. The molecule has 30 heavy (non-hydrogen) atoms. The second kappa shape index (κ2) is 8.12. The van der Waals surface area contributed by atoms with Gasteiger partial charge in [0.1, 0.15) is 23.1 Å². The maximum Gasteiger partial charge on any atom is 0.147 e. The van der Waals surface area contributed by atoms with Crippen LogP contribution in [0.4, 0.5) is 0 Å². The first-order valence-corrected chi connectivity index (χ1v) is 10.2. The van der Waals surface area contributed by atoms with Gasteiger partial charge in [0, 0.05) is 43.9 Å². The quantitative estimate of drug-likeness (QED) is 0.512. The van der Waals surface area contributed by atoms with Crippen LogP contribution in [0.15, 0.2) is 60.8 Å². The third-order valence-corrected chi connectivity index (χ3v) is 5.30. The number of benzene rings is 2. The van der Waals surface area contributed by atoms with E-state index in [4.69, 9.17) is 4.74 Å². The topological polar surface area (TPSA) is 69.8 Å². The fraction of sp³-hybridized carbons (Fsp3) is 0.261. The molecule has 0 radical (unpaired) electrons. The number of para-hydroxylation sites is 1. The van der Waals surface area contributed by atoms with Gasteiger partial charge in [0.05, 0.1) is 12.2 Å². The Morgan fingerprint density at radius 2 is 1.77 bits per heavy atom. The number of aromatic nitrogens is 5. The van der Waals surface area contributed by atoms with E-state index in [1.54, 1.807) is 0 Å². The molecule has 0 spiro atoms. The first-order chi connectivity index (χ1) is 14.8. The molecule has 3 heterocycles. The number of fused-ring (bicyclic) bond motifs is 1. The van der Waals surface area contributed by atoms with Crippen LogP contribution < -0.4 is 10.1 Å². The summed E-state index contributed by atoms with van der Waals surface area (Å²) in [6.07, 6.45) is 4.25.